The minimum Gasteiger partial charge on any atom is -0.380 e. The van der Waals surface area contributed by atoms with Crippen LogP contribution in [0.25, 0.3) is 0 Å². The fourth-order valence-electron chi connectivity index (χ4n) is 1.51. The van der Waals surface area contributed by atoms with Crippen molar-refractivity contribution in [3.63, 3.8) is 0 Å². The lowest BCUT2D eigenvalue weighted by Crippen LogP contribution is -2.19. The highest BCUT2D eigenvalue weighted by Gasteiger charge is 1.99. The van der Waals surface area contributed by atoms with Gasteiger partial charge in [-0.05, 0) is 24.1 Å². The van der Waals surface area contributed by atoms with E-state index in [0.29, 0.717) is 5.56 Å². The van der Waals surface area contributed by atoms with Crippen molar-refractivity contribution in [2.45, 2.75) is 26.3 Å². The Kier molecular flexibility index (Phi) is 7.06. The molecule has 0 saturated heterocycles. The Bertz CT molecular complexity index is 349. The van der Waals surface area contributed by atoms with Crippen molar-refractivity contribution in [1.29, 1.82) is 0 Å². The quantitative estimate of drug-likeness (QED) is 0.656. The normalized spacial score (nSPS) is 10.5. The summed E-state index contributed by atoms with van der Waals surface area (Å²) < 4.78 is 5.44. The summed E-state index contributed by atoms with van der Waals surface area (Å²) in [6.07, 6.45) is 2.29. The highest BCUT2D eigenvalue weighted by atomic mass is 16.5. The lowest BCUT2D eigenvalue weighted by molar-refractivity contribution is 0.100. The summed E-state index contributed by atoms with van der Waals surface area (Å²) in [7, 11) is 0. The number of nitrogens with two attached hydrogens (primary N) is 1. The Labute approximate surface area is 109 Å². The molecule has 0 saturated carbocycles. The predicted molar refractivity (Wildman–Crippen MR) is 72.4 cm³/mol. The maximum atomic E-state index is 10.9. The molecule has 0 aromatic heterocycles. The van der Waals surface area contributed by atoms with E-state index in [1.54, 1.807) is 12.1 Å². The number of rotatable bonds is 9. The number of unbranched alkanes of at least 4 members (excludes halogenated alkanes) is 1. The SMILES string of the molecule is CCCCOCCNCc1ccc(C(N)=O)cc1. The first kappa shape index (κ1) is 14.7. The third kappa shape index (κ3) is 5.80. The Balaban J connectivity index is 2.14. The number of ether oxygens (including phenoxy) is 1. The summed E-state index contributed by atoms with van der Waals surface area (Å²) >= 11 is 0. The van der Waals surface area contributed by atoms with Crippen LogP contribution in [0.15, 0.2) is 24.3 Å². The van der Waals surface area contributed by atoms with Crippen LogP contribution >= 0.6 is 0 Å². The molecule has 0 fully saturated rings. The Hall–Kier alpha value is -1.39. The summed E-state index contributed by atoms with van der Waals surface area (Å²) in [5.41, 5.74) is 6.85. The molecule has 3 N–H and O–H groups in total. The van der Waals surface area contributed by atoms with Crippen LogP contribution in [0.2, 0.25) is 0 Å². The number of hydrogen-bond acceptors (Lipinski definition) is 3. The van der Waals surface area contributed by atoms with Gasteiger partial charge in [0.05, 0.1) is 6.61 Å². The standard InChI is InChI=1S/C14H22N2O2/c1-2-3-9-18-10-8-16-11-12-4-6-13(7-5-12)14(15)17/h4-7,16H,2-3,8-11H2,1H3,(H2,15,17). The van der Waals surface area contributed by atoms with Crippen molar-refractivity contribution in [3.05, 3.63) is 35.4 Å². The van der Waals surface area contributed by atoms with Gasteiger partial charge in [0.25, 0.3) is 0 Å². The molecular weight excluding hydrogens is 228 g/mol. The number of hydrogen-bond donors (Lipinski definition) is 2. The molecule has 4 nitrogen and oxygen atoms in total. The van der Waals surface area contributed by atoms with Crippen LogP contribution in [0.5, 0.6) is 0 Å². The second kappa shape index (κ2) is 8.66. The van der Waals surface area contributed by atoms with E-state index in [0.717, 1.165) is 38.3 Å². The Morgan fingerprint density at radius 1 is 1.28 bits per heavy atom. The van der Waals surface area contributed by atoms with E-state index in [1.807, 2.05) is 12.1 Å². The van der Waals surface area contributed by atoms with Crippen molar-refractivity contribution in [3.8, 4) is 0 Å². The molecule has 1 aromatic carbocycles. The number of primary amides is 1. The highest BCUT2D eigenvalue weighted by molar-refractivity contribution is 5.92. The molecule has 0 aliphatic rings. The van der Waals surface area contributed by atoms with E-state index in [2.05, 4.69) is 12.2 Å². The molecule has 18 heavy (non-hydrogen) atoms. The third-order valence-corrected chi connectivity index (χ3v) is 2.63. The largest absolute Gasteiger partial charge is 0.380 e. The van der Waals surface area contributed by atoms with Crippen LogP contribution in [0.3, 0.4) is 0 Å². The maximum Gasteiger partial charge on any atom is 0.248 e. The summed E-state index contributed by atoms with van der Waals surface area (Å²) in [6, 6.07) is 7.31. The molecule has 100 valence electrons. The average molecular weight is 250 g/mol. The van der Waals surface area contributed by atoms with Gasteiger partial charge in [-0.25, -0.2) is 0 Å². The molecule has 0 aliphatic carbocycles. The van der Waals surface area contributed by atoms with Gasteiger partial charge in [-0.1, -0.05) is 25.5 Å². The summed E-state index contributed by atoms with van der Waals surface area (Å²) in [5.74, 6) is -0.390. The molecule has 0 spiro atoms. The molecule has 0 heterocycles. The molecule has 1 aromatic rings. The maximum absolute atomic E-state index is 10.9. The van der Waals surface area contributed by atoms with Gasteiger partial charge in [0.1, 0.15) is 0 Å². The van der Waals surface area contributed by atoms with E-state index in [9.17, 15) is 4.79 Å². The molecule has 0 atom stereocenters. The van der Waals surface area contributed by atoms with Crippen molar-refractivity contribution in [2.75, 3.05) is 19.8 Å². The molecule has 0 aliphatic heterocycles. The van der Waals surface area contributed by atoms with E-state index < -0.39 is 0 Å². The van der Waals surface area contributed by atoms with Gasteiger partial charge >= 0.3 is 0 Å². The fraction of sp³-hybridized carbons (Fsp3) is 0.500. The van der Waals surface area contributed by atoms with Crippen molar-refractivity contribution >= 4 is 5.91 Å². The molecular formula is C14H22N2O2. The second-order valence-corrected chi connectivity index (χ2v) is 4.20. The lowest BCUT2D eigenvalue weighted by Gasteiger charge is -2.06. The third-order valence-electron chi connectivity index (χ3n) is 2.63. The highest BCUT2D eigenvalue weighted by Crippen LogP contribution is 2.03. The van der Waals surface area contributed by atoms with Crippen LogP contribution < -0.4 is 11.1 Å². The van der Waals surface area contributed by atoms with Crippen molar-refractivity contribution < 1.29 is 9.53 Å². The van der Waals surface area contributed by atoms with E-state index >= 15 is 0 Å². The molecule has 1 amide bonds. The minimum atomic E-state index is -0.390. The van der Waals surface area contributed by atoms with E-state index in [-0.39, 0.29) is 5.91 Å². The zero-order chi connectivity index (χ0) is 13.2. The first-order valence-electron chi connectivity index (χ1n) is 6.41. The average Bonchev–Trinajstić information content (AvgIpc) is 2.38. The van der Waals surface area contributed by atoms with Crippen LogP contribution in [0, 0.1) is 0 Å². The van der Waals surface area contributed by atoms with Crippen molar-refractivity contribution in [2.24, 2.45) is 5.73 Å². The van der Waals surface area contributed by atoms with Gasteiger partial charge in [0.15, 0.2) is 0 Å². The predicted octanol–water partition coefficient (Wildman–Crippen LogP) is 1.69. The first-order valence-corrected chi connectivity index (χ1v) is 6.41. The van der Waals surface area contributed by atoms with Crippen LogP contribution in [-0.2, 0) is 11.3 Å². The number of amides is 1. The van der Waals surface area contributed by atoms with Gasteiger partial charge in [-0.2, -0.15) is 0 Å². The topological polar surface area (TPSA) is 64.3 Å². The lowest BCUT2D eigenvalue weighted by atomic mass is 10.1. The zero-order valence-corrected chi connectivity index (χ0v) is 10.9. The summed E-state index contributed by atoms with van der Waals surface area (Å²) in [5, 5.41) is 3.29. The smallest absolute Gasteiger partial charge is 0.248 e. The van der Waals surface area contributed by atoms with Gasteiger partial charge in [-0.3, -0.25) is 4.79 Å². The molecule has 0 bridgehead atoms. The molecule has 4 heteroatoms. The van der Waals surface area contributed by atoms with Gasteiger partial charge in [0, 0.05) is 25.3 Å². The van der Waals surface area contributed by atoms with Crippen molar-refractivity contribution in [1.82, 2.24) is 5.32 Å². The van der Waals surface area contributed by atoms with Crippen LogP contribution in [0.1, 0.15) is 35.7 Å². The Morgan fingerprint density at radius 3 is 2.61 bits per heavy atom. The van der Waals surface area contributed by atoms with Gasteiger partial charge < -0.3 is 15.8 Å². The number of benzene rings is 1. The zero-order valence-electron chi connectivity index (χ0n) is 10.9. The minimum absolute atomic E-state index is 0.390. The molecule has 0 radical (unpaired) electrons. The second-order valence-electron chi connectivity index (χ2n) is 4.20. The summed E-state index contributed by atoms with van der Waals surface area (Å²) in [4.78, 5) is 10.9. The first-order chi connectivity index (χ1) is 8.74. The van der Waals surface area contributed by atoms with E-state index in [4.69, 9.17) is 10.5 Å². The number of nitrogens with one attached hydrogen (secondary N) is 1. The fourth-order valence-corrected chi connectivity index (χ4v) is 1.51. The Morgan fingerprint density at radius 2 is 2.00 bits per heavy atom. The van der Waals surface area contributed by atoms with Crippen LogP contribution in [-0.4, -0.2) is 25.7 Å². The van der Waals surface area contributed by atoms with Crippen LogP contribution in [0.4, 0.5) is 0 Å². The van der Waals surface area contributed by atoms with Gasteiger partial charge in [0.2, 0.25) is 5.91 Å². The summed E-state index contributed by atoms with van der Waals surface area (Å²) in [6.45, 7) is 5.33. The molecule has 1 rings (SSSR count). The van der Waals surface area contributed by atoms with E-state index in [1.165, 1.54) is 6.42 Å². The number of carbonyl (C=O) groups excluding carboxylic acids is 1. The monoisotopic (exact) mass is 250 g/mol. The van der Waals surface area contributed by atoms with Gasteiger partial charge in [-0.15, -0.1) is 0 Å². The molecule has 0 unspecified atom stereocenters. The number of carbonyl (C=O) groups is 1.